The Hall–Kier alpha value is -0.200. The van der Waals surface area contributed by atoms with Gasteiger partial charge in [-0.05, 0) is 27.7 Å². The summed E-state index contributed by atoms with van der Waals surface area (Å²) in [6.45, 7) is 10.3. The number of hydrogen-bond acceptors (Lipinski definition) is 5. The van der Waals surface area contributed by atoms with E-state index in [2.05, 4.69) is 6.92 Å². The van der Waals surface area contributed by atoms with E-state index in [0.717, 1.165) is 0 Å². The molecule has 0 aromatic carbocycles. The lowest BCUT2D eigenvalue weighted by atomic mass is 9.97. The molecule has 0 spiro atoms. The Morgan fingerprint density at radius 2 is 1.61 bits per heavy atom. The Bertz CT molecular complexity index is 340. The molecule has 5 heteroatoms. The molecule has 3 rings (SSSR count). The van der Waals surface area contributed by atoms with Crippen LogP contribution in [0.15, 0.2) is 0 Å². The molecule has 0 aromatic heterocycles. The Morgan fingerprint density at radius 3 is 2.17 bits per heavy atom. The lowest BCUT2D eigenvalue weighted by Gasteiger charge is -2.27. The quantitative estimate of drug-likeness (QED) is 0.715. The van der Waals surface area contributed by atoms with Crippen molar-refractivity contribution in [2.75, 3.05) is 6.61 Å². The molecule has 0 bridgehead atoms. The third-order valence-electron chi connectivity index (χ3n) is 3.81. The highest BCUT2D eigenvalue weighted by Crippen LogP contribution is 2.43. The van der Waals surface area contributed by atoms with Gasteiger partial charge in [0.05, 0.1) is 12.7 Å². The van der Waals surface area contributed by atoms with Crippen LogP contribution in [0.2, 0.25) is 0 Å². The summed E-state index contributed by atoms with van der Waals surface area (Å²) < 4.78 is 29.0. The molecule has 5 nitrogen and oxygen atoms in total. The Morgan fingerprint density at radius 1 is 0.889 bits per heavy atom. The fraction of sp³-hybridized carbons (Fsp3) is 1.00. The molecule has 0 aliphatic carbocycles. The molecule has 0 N–H and O–H groups in total. The SMILES string of the molecule is CC1C2OC(C)(C)O[C@H]2O[C@@H]1C1COC(C)(C)O1. The van der Waals surface area contributed by atoms with Crippen LogP contribution < -0.4 is 0 Å². The minimum absolute atomic E-state index is 0.0164. The maximum atomic E-state index is 5.96. The first-order valence-electron chi connectivity index (χ1n) is 6.60. The first-order valence-corrected chi connectivity index (χ1v) is 6.60. The summed E-state index contributed by atoms with van der Waals surface area (Å²) in [5.74, 6) is -0.841. The summed E-state index contributed by atoms with van der Waals surface area (Å²) in [5.41, 5.74) is 0. The topological polar surface area (TPSA) is 46.2 Å². The van der Waals surface area contributed by atoms with Gasteiger partial charge in [0.1, 0.15) is 12.2 Å². The maximum absolute atomic E-state index is 5.96. The molecule has 3 heterocycles. The summed E-state index contributed by atoms with van der Waals surface area (Å²) in [7, 11) is 0. The zero-order valence-corrected chi connectivity index (χ0v) is 11.6. The Balaban J connectivity index is 1.68. The minimum Gasteiger partial charge on any atom is -0.348 e. The summed E-state index contributed by atoms with van der Waals surface area (Å²) >= 11 is 0. The van der Waals surface area contributed by atoms with Crippen LogP contribution in [0.5, 0.6) is 0 Å². The molecule has 3 aliphatic heterocycles. The monoisotopic (exact) mass is 258 g/mol. The van der Waals surface area contributed by atoms with E-state index in [-0.39, 0.29) is 30.5 Å². The summed E-state index contributed by atoms with van der Waals surface area (Å²) in [5, 5.41) is 0. The molecular formula is C13H22O5. The van der Waals surface area contributed by atoms with Gasteiger partial charge in [-0.2, -0.15) is 0 Å². The number of rotatable bonds is 1. The molecule has 0 amide bonds. The van der Waals surface area contributed by atoms with Crippen LogP contribution >= 0.6 is 0 Å². The van der Waals surface area contributed by atoms with Gasteiger partial charge >= 0.3 is 0 Å². The average Bonchev–Trinajstić information content (AvgIpc) is 2.81. The molecule has 0 aromatic rings. The molecule has 3 unspecified atom stereocenters. The van der Waals surface area contributed by atoms with Crippen molar-refractivity contribution in [3.63, 3.8) is 0 Å². The van der Waals surface area contributed by atoms with Crippen molar-refractivity contribution in [2.24, 2.45) is 5.92 Å². The van der Waals surface area contributed by atoms with Crippen LogP contribution in [0.3, 0.4) is 0 Å². The van der Waals surface area contributed by atoms with E-state index in [1.807, 2.05) is 27.7 Å². The summed E-state index contributed by atoms with van der Waals surface area (Å²) in [6.07, 6.45) is -0.376. The van der Waals surface area contributed by atoms with E-state index in [4.69, 9.17) is 23.7 Å². The standard InChI is InChI=1S/C13H22O5/c1-7-9(8-6-14-12(2,3)16-8)15-11-10(7)17-13(4,5)18-11/h7-11H,6H2,1-5H3/t7?,8?,9-,10?,11+/m0/s1. The van der Waals surface area contributed by atoms with Crippen LogP contribution in [0.4, 0.5) is 0 Å². The van der Waals surface area contributed by atoms with Crippen molar-refractivity contribution in [2.45, 2.75) is 70.8 Å². The second kappa shape index (κ2) is 3.90. The lowest BCUT2D eigenvalue weighted by Crippen LogP contribution is -2.37. The van der Waals surface area contributed by atoms with E-state index in [9.17, 15) is 0 Å². The van der Waals surface area contributed by atoms with Crippen LogP contribution in [0, 0.1) is 5.92 Å². The third kappa shape index (κ3) is 2.08. The molecule has 18 heavy (non-hydrogen) atoms. The molecule has 3 aliphatic rings. The largest absolute Gasteiger partial charge is 0.348 e. The van der Waals surface area contributed by atoms with Crippen LogP contribution in [0.1, 0.15) is 34.6 Å². The van der Waals surface area contributed by atoms with Gasteiger partial charge in [0, 0.05) is 5.92 Å². The van der Waals surface area contributed by atoms with Gasteiger partial charge < -0.3 is 23.7 Å². The van der Waals surface area contributed by atoms with Crippen LogP contribution in [-0.2, 0) is 23.7 Å². The fourth-order valence-electron chi connectivity index (χ4n) is 2.99. The summed E-state index contributed by atoms with van der Waals surface area (Å²) in [6, 6.07) is 0. The first-order chi connectivity index (χ1) is 8.27. The van der Waals surface area contributed by atoms with Gasteiger partial charge in [-0.15, -0.1) is 0 Å². The first kappa shape index (κ1) is 12.8. The third-order valence-corrected chi connectivity index (χ3v) is 3.81. The van der Waals surface area contributed by atoms with Gasteiger partial charge in [0.2, 0.25) is 0 Å². The van der Waals surface area contributed by atoms with Crippen LogP contribution in [-0.4, -0.2) is 42.8 Å². The number of ether oxygens (including phenoxy) is 5. The highest BCUT2D eigenvalue weighted by molar-refractivity contribution is 4.95. The smallest absolute Gasteiger partial charge is 0.187 e. The Kier molecular flexibility index (Phi) is 2.78. The second-order valence-corrected chi connectivity index (χ2v) is 6.30. The molecule has 0 radical (unpaired) electrons. The normalized spacial score (nSPS) is 49.5. The minimum atomic E-state index is -0.555. The molecule has 3 saturated heterocycles. The van der Waals surface area contributed by atoms with Crippen molar-refractivity contribution < 1.29 is 23.7 Å². The average molecular weight is 258 g/mol. The molecule has 0 saturated carbocycles. The fourth-order valence-corrected chi connectivity index (χ4v) is 2.99. The zero-order chi connectivity index (χ0) is 13.1. The van der Waals surface area contributed by atoms with Gasteiger partial charge in [0.15, 0.2) is 17.9 Å². The molecule has 5 atom stereocenters. The van der Waals surface area contributed by atoms with E-state index >= 15 is 0 Å². The summed E-state index contributed by atoms with van der Waals surface area (Å²) in [4.78, 5) is 0. The molecule has 3 fully saturated rings. The van der Waals surface area contributed by atoms with Gasteiger partial charge in [-0.3, -0.25) is 0 Å². The second-order valence-electron chi connectivity index (χ2n) is 6.30. The van der Waals surface area contributed by atoms with E-state index in [0.29, 0.717) is 6.61 Å². The van der Waals surface area contributed by atoms with E-state index < -0.39 is 11.6 Å². The van der Waals surface area contributed by atoms with Crippen molar-refractivity contribution in [1.82, 2.24) is 0 Å². The number of hydrogen-bond donors (Lipinski definition) is 0. The predicted molar refractivity (Wildman–Crippen MR) is 62.8 cm³/mol. The lowest BCUT2D eigenvalue weighted by molar-refractivity contribution is -0.226. The Labute approximate surface area is 108 Å². The highest BCUT2D eigenvalue weighted by atomic mass is 16.8. The van der Waals surface area contributed by atoms with E-state index in [1.54, 1.807) is 0 Å². The van der Waals surface area contributed by atoms with Crippen molar-refractivity contribution in [3.8, 4) is 0 Å². The van der Waals surface area contributed by atoms with Crippen LogP contribution in [0.25, 0.3) is 0 Å². The molecule has 104 valence electrons. The van der Waals surface area contributed by atoms with Crippen molar-refractivity contribution in [3.05, 3.63) is 0 Å². The number of fused-ring (bicyclic) bond motifs is 1. The van der Waals surface area contributed by atoms with E-state index in [1.165, 1.54) is 0 Å². The highest BCUT2D eigenvalue weighted by Gasteiger charge is 2.56. The predicted octanol–water partition coefficient (Wildman–Crippen LogP) is 1.65. The molecular weight excluding hydrogens is 236 g/mol. The maximum Gasteiger partial charge on any atom is 0.187 e. The zero-order valence-electron chi connectivity index (χ0n) is 11.6. The van der Waals surface area contributed by atoms with Gasteiger partial charge in [-0.25, -0.2) is 0 Å². The van der Waals surface area contributed by atoms with Crippen molar-refractivity contribution >= 4 is 0 Å². The van der Waals surface area contributed by atoms with Crippen molar-refractivity contribution in [1.29, 1.82) is 0 Å². The van der Waals surface area contributed by atoms with Gasteiger partial charge in [-0.1, -0.05) is 6.92 Å². The van der Waals surface area contributed by atoms with Gasteiger partial charge in [0.25, 0.3) is 0 Å².